The first-order chi connectivity index (χ1) is 7.16. The summed E-state index contributed by atoms with van der Waals surface area (Å²) in [5.74, 6) is -0.490. The summed E-state index contributed by atoms with van der Waals surface area (Å²) in [5.41, 5.74) is 0. The molecule has 0 unspecified atom stereocenters. The van der Waals surface area contributed by atoms with E-state index in [2.05, 4.69) is 8.37 Å². The van der Waals surface area contributed by atoms with Crippen LogP contribution in [0, 0.1) is 0 Å². The zero-order valence-corrected chi connectivity index (χ0v) is 9.10. The molecule has 90 valence electrons. The average molecular weight is 270 g/mol. The normalized spacial score (nSPS) is 12.1. The second kappa shape index (κ2) is 4.25. The maximum absolute atomic E-state index is 10.3. The Labute approximate surface area is 91.3 Å². The molecular formula is C6H6O8S2. The van der Waals surface area contributed by atoms with Gasteiger partial charge in [0, 0.05) is 0 Å². The molecule has 0 amide bonds. The van der Waals surface area contributed by atoms with Crippen molar-refractivity contribution in [3.63, 3.8) is 0 Å². The second-order valence-corrected chi connectivity index (χ2v) is 4.54. The first kappa shape index (κ1) is 12.7. The Kier molecular flexibility index (Phi) is 3.38. The summed E-state index contributed by atoms with van der Waals surface area (Å²) in [6.45, 7) is 0. The summed E-state index contributed by atoms with van der Waals surface area (Å²) >= 11 is 0. The molecule has 1 aromatic rings. The van der Waals surface area contributed by atoms with Crippen molar-refractivity contribution in [1.29, 1.82) is 0 Å². The number of rotatable bonds is 4. The van der Waals surface area contributed by atoms with Gasteiger partial charge in [-0.3, -0.25) is 9.11 Å². The summed E-state index contributed by atoms with van der Waals surface area (Å²) in [4.78, 5) is 0. The third kappa shape index (κ3) is 4.93. The van der Waals surface area contributed by atoms with Crippen molar-refractivity contribution in [2.45, 2.75) is 0 Å². The highest BCUT2D eigenvalue weighted by molar-refractivity contribution is 7.81. The van der Waals surface area contributed by atoms with Crippen molar-refractivity contribution < 1.29 is 34.3 Å². The smallest absolute Gasteiger partial charge is 0.362 e. The molecule has 1 rings (SSSR count). The summed E-state index contributed by atoms with van der Waals surface area (Å²) in [6, 6.07) is 4.09. The monoisotopic (exact) mass is 270 g/mol. The Bertz CT molecular complexity index is 502. The van der Waals surface area contributed by atoms with Crippen molar-refractivity contribution in [2.75, 3.05) is 0 Å². The fraction of sp³-hybridized carbons (Fsp3) is 0. The molecule has 0 atom stereocenters. The van der Waals surface area contributed by atoms with E-state index in [0.717, 1.165) is 24.3 Å². The van der Waals surface area contributed by atoms with Crippen molar-refractivity contribution in [3.05, 3.63) is 24.3 Å². The van der Waals surface area contributed by atoms with Crippen LogP contribution in [0.25, 0.3) is 0 Å². The molecule has 1 aromatic carbocycles. The van der Waals surface area contributed by atoms with Gasteiger partial charge in [-0.05, 0) is 24.3 Å². The zero-order chi connectivity index (χ0) is 12.4. The summed E-state index contributed by atoms with van der Waals surface area (Å²) in [7, 11) is -9.27. The topological polar surface area (TPSA) is 127 Å². The molecule has 16 heavy (non-hydrogen) atoms. The predicted molar refractivity (Wildman–Crippen MR) is 50.8 cm³/mol. The predicted octanol–water partition coefficient (Wildman–Crippen LogP) is 0.0498. The Balaban J connectivity index is 2.84. The van der Waals surface area contributed by atoms with Gasteiger partial charge in [0.1, 0.15) is 11.5 Å². The number of hydrogen-bond donors (Lipinski definition) is 2. The van der Waals surface area contributed by atoms with Gasteiger partial charge in [-0.1, -0.05) is 0 Å². The third-order valence-corrected chi connectivity index (χ3v) is 2.03. The van der Waals surface area contributed by atoms with Crippen LogP contribution in [0.1, 0.15) is 0 Å². The van der Waals surface area contributed by atoms with Crippen LogP contribution in [-0.4, -0.2) is 25.9 Å². The Morgan fingerprint density at radius 3 is 1.19 bits per heavy atom. The molecule has 0 heterocycles. The van der Waals surface area contributed by atoms with Crippen molar-refractivity contribution >= 4 is 20.8 Å². The van der Waals surface area contributed by atoms with Crippen molar-refractivity contribution in [1.82, 2.24) is 0 Å². The first-order valence-electron chi connectivity index (χ1n) is 3.59. The zero-order valence-electron chi connectivity index (χ0n) is 7.47. The fourth-order valence-corrected chi connectivity index (χ4v) is 1.50. The molecular weight excluding hydrogens is 264 g/mol. The lowest BCUT2D eigenvalue weighted by Crippen LogP contribution is -2.08. The van der Waals surface area contributed by atoms with Crippen LogP contribution >= 0.6 is 0 Å². The molecule has 0 aliphatic carbocycles. The van der Waals surface area contributed by atoms with Gasteiger partial charge in [0.25, 0.3) is 0 Å². The Morgan fingerprint density at radius 1 is 0.750 bits per heavy atom. The van der Waals surface area contributed by atoms with Gasteiger partial charge in [0.05, 0.1) is 0 Å². The van der Waals surface area contributed by atoms with Gasteiger partial charge in [-0.25, -0.2) is 0 Å². The highest BCUT2D eigenvalue weighted by atomic mass is 32.3. The Morgan fingerprint density at radius 2 is 1.00 bits per heavy atom. The lowest BCUT2D eigenvalue weighted by Gasteiger charge is -2.03. The fourth-order valence-electron chi connectivity index (χ4n) is 0.794. The maximum atomic E-state index is 10.3. The second-order valence-electron chi connectivity index (χ2n) is 2.49. The molecule has 0 aliphatic heterocycles. The molecule has 0 saturated heterocycles. The van der Waals surface area contributed by atoms with Crippen molar-refractivity contribution in [2.24, 2.45) is 0 Å². The lowest BCUT2D eigenvalue weighted by molar-refractivity contribution is 0.380. The van der Waals surface area contributed by atoms with Crippen LogP contribution in [-0.2, 0) is 20.8 Å². The standard InChI is InChI=1S/C6H6O8S2/c7-15(8,9)13-5-1-2-6(4-3-5)14-16(10,11)12/h1-4H,(H,7,8,9)(H,10,11,12). The third-order valence-electron chi connectivity index (χ3n) is 1.23. The minimum absolute atomic E-state index is 0.245. The molecule has 0 fully saturated rings. The molecule has 8 nitrogen and oxygen atoms in total. The maximum Gasteiger partial charge on any atom is 0.446 e. The molecule has 0 aromatic heterocycles. The highest BCUT2D eigenvalue weighted by Gasteiger charge is 2.09. The van der Waals surface area contributed by atoms with E-state index >= 15 is 0 Å². The number of hydrogen-bond acceptors (Lipinski definition) is 6. The van der Waals surface area contributed by atoms with Gasteiger partial charge in [0.2, 0.25) is 0 Å². The SMILES string of the molecule is O=S(=O)(O)Oc1ccc(OS(=O)(=O)O)cc1. The molecule has 2 N–H and O–H groups in total. The van der Waals surface area contributed by atoms with E-state index in [1.54, 1.807) is 0 Å². The Hall–Kier alpha value is -1.36. The number of benzene rings is 1. The quantitative estimate of drug-likeness (QED) is 0.734. The summed E-state index contributed by atoms with van der Waals surface area (Å²) in [6.07, 6.45) is 0. The molecule has 10 heteroatoms. The largest absolute Gasteiger partial charge is 0.446 e. The minimum Gasteiger partial charge on any atom is -0.362 e. The van der Waals surface area contributed by atoms with Gasteiger partial charge in [-0.15, -0.1) is 0 Å². The summed E-state index contributed by atoms with van der Waals surface area (Å²) in [5, 5.41) is 0. The minimum atomic E-state index is -4.63. The molecule has 0 spiro atoms. The molecule has 0 aliphatic rings. The van der Waals surface area contributed by atoms with Crippen LogP contribution in [0.15, 0.2) is 24.3 Å². The van der Waals surface area contributed by atoms with Crippen LogP contribution in [0.5, 0.6) is 11.5 Å². The van der Waals surface area contributed by atoms with Gasteiger partial charge in [0.15, 0.2) is 0 Å². The van der Waals surface area contributed by atoms with Gasteiger partial charge in [-0.2, -0.15) is 16.8 Å². The highest BCUT2D eigenvalue weighted by Crippen LogP contribution is 2.19. The lowest BCUT2D eigenvalue weighted by atomic mass is 10.3. The van der Waals surface area contributed by atoms with Crippen LogP contribution in [0.2, 0.25) is 0 Å². The average Bonchev–Trinajstić information content (AvgIpc) is 2.03. The van der Waals surface area contributed by atoms with Crippen LogP contribution in [0.4, 0.5) is 0 Å². The van der Waals surface area contributed by atoms with E-state index in [0.29, 0.717) is 0 Å². The van der Waals surface area contributed by atoms with E-state index in [9.17, 15) is 16.8 Å². The van der Waals surface area contributed by atoms with E-state index in [4.69, 9.17) is 9.11 Å². The van der Waals surface area contributed by atoms with E-state index in [-0.39, 0.29) is 11.5 Å². The molecule has 0 bridgehead atoms. The van der Waals surface area contributed by atoms with Crippen LogP contribution in [0.3, 0.4) is 0 Å². The summed E-state index contributed by atoms with van der Waals surface area (Å²) < 4.78 is 65.8. The molecule has 0 radical (unpaired) electrons. The van der Waals surface area contributed by atoms with Crippen LogP contribution < -0.4 is 8.37 Å². The first-order valence-corrected chi connectivity index (χ1v) is 6.33. The van der Waals surface area contributed by atoms with E-state index < -0.39 is 20.8 Å². The van der Waals surface area contributed by atoms with E-state index in [1.807, 2.05) is 0 Å². The van der Waals surface area contributed by atoms with E-state index in [1.165, 1.54) is 0 Å². The van der Waals surface area contributed by atoms with Gasteiger partial charge < -0.3 is 8.37 Å². The van der Waals surface area contributed by atoms with Gasteiger partial charge >= 0.3 is 20.8 Å². The molecule has 0 saturated carbocycles. The van der Waals surface area contributed by atoms with Crippen molar-refractivity contribution in [3.8, 4) is 11.5 Å².